The Kier molecular flexibility index (Phi) is 8.04. The Hall–Kier alpha value is -3.14. The lowest BCUT2D eigenvalue weighted by Crippen LogP contribution is -2.57. The molecule has 1 aliphatic carbocycles. The summed E-state index contributed by atoms with van der Waals surface area (Å²) < 4.78 is 5.78. The first-order chi connectivity index (χ1) is 15.4. The maximum atomic E-state index is 12.9. The number of primary amides is 1. The Labute approximate surface area is 186 Å². The lowest BCUT2D eigenvalue weighted by molar-refractivity contribution is -0.146. The van der Waals surface area contributed by atoms with Crippen molar-refractivity contribution in [3.63, 3.8) is 0 Å². The zero-order valence-electron chi connectivity index (χ0n) is 17.9. The van der Waals surface area contributed by atoms with E-state index in [0.29, 0.717) is 38.7 Å². The van der Waals surface area contributed by atoms with Crippen LogP contribution in [0.15, 0.2) is 24.3 Å². The van der Waals surface area contributed by atoms with Crippen LogP contribution in [0.1, 0.15) is 18.4 Å². The van der Waals surface area contributed by atoms with Crippen LogP contribution >= 0.6 is 0 Å². The van der Waals surface area contributed by atoms with Crippen molar-refractivity contribution in [2.45, 2.75) is 19.4 Å². The van der Waals surface area contributed by atoms with E-state index >= 15 is 0 Å². The van der Waals surface area contributed by atoms with Gasteiger partial charge in [0.05, 0.1) is 13.1 Å². The van der Waals surface area contributed by atoms with Crippen LogP contribution < -0.4 is 15.8 Å². The standard InChI is InChI=1S/C21H28N4O4.CH2O2/c22-19(26)10-23-21(28)16-9-14-5-6-25(12-17(14)16)20(27)13-24-7-8-29-18-4-2-1-3-15(18)11-24;2-1-3/h1-4,14,16-17H,5-13H2,(H2,22,26)(H,23,28);1H,(H,2,3)/t14-,16-,17-;/m1./s1. The molecule has 174 valence electrons. The van der Waals surface area contributed by atoms with Crippen molar-refractivity contribution >= 4 is 24.2 Å². The van der Waals surface area contributed by atoms with Crippen molar-refractivity contribution in [1.29, 1.82) is 0 Å². The molecule has 0 unspecified atom stereocenters. The molecule has 2 fully saturated rings. The van der Waals surface area contributed by atoms with Crippen molar-refractivity contribution in [3.8, 4) is 5.75 Å². The number of carbonyl (C=O) groups excluding carboxylic acids is 3. The summed E-state index contributed by atoms with van der Waals surface area (Å²) in [7, 11) is 0. The number of nitrogens with one attached hydrogen (secondary N) is 1. The smallest absolute Gasteiger partial charge is 0.290 e. The molecule has 4 N–H and O–H groups in total. The van der Waals surface area contributed by atoms with Crippen molar-refractivity contribution in [2.75, 3.05) is 39.3 Å². The van der Waals surface area contributed by atoms with E-state index in [0.717, 1.165) is 30.7 Å². The fraction of sp³-hybridized carbons (Fsp3) is 0.545. The van der Waals surface area contributed by atoms with E-state index in [1.165, 1.54) is 0 Å². The molecule has 1 aromatic rings. The van der Waals surface area contributed by atoms with Gasteiger partial charge in [-0.25, -0.2) is 0 Å². The highest BCUT2D eigenvalue weighted by atomic mass is 16.5. The molecule has 10 heteroatoms. The van der Waals surface area contributed by atoms with Gasteiger partial charge in [-0.15, -0.1) is 0 Å². The number of likely N-dealkylation sites (tertiary alicyclic amines) is 1. The molecular formula is C22H30N4O6. The molecule has 1 saturated carbocycles. The number of amides is 3. The number of rotatable bonds is 5. The molecule has 2 heterocycles. The van der Waals surface area contributed by atoms with E-state index in [1.807, 2.05) is 29.2 Å². The van der Waals surface area contributed by atoms with E-state index in [1.54, 1.807) is 0 Å². The third-order valence-corrected chi connectivity index (χ3v) is 6.40. The van der Waals surface area contributed by atoms with Crippen molar-refractivity contribution < 1.29 is 29.0 Å². The second-order valence-electron chi connectivity index (χ2n) is 8.35. The topological polar surface area (TPSA) is 142 Å². The van der Waals surface area contributed by atoms with Gasteiger partial charge >= 0.3 is 0 Å². The molecule has 32 heavy (non-hydrogen) atoms. The second kappa shape index (κ2) is 10.9. The van der Waals surface area contributed by atoms with E-state index in [-0.39, 0.29) is 36.7 Å². The van der Waals surface area contributed by atoms with Crippen LogP contribution in [0.3, 0.4) is 0 Å². The zero-order valence-corrected chi connectivity index (χ0v) is 17.9. The maximum Gasteiger partial charge on any atom is 0.290 e. The fourth-order valence-corrected chi connectivity index (χ4v) is 4.72. The minimum absolute atomic E-state index is 0.103. The monoisotopic (exact) mass is 446 g/mol. The molecule has 0 radical (unpaired) electrons. The maximum absolute atomic E-state index is 12.9. The number of carbonyl (C=O) groups is 4. The minimum atomic E-state index is -0.544. The summed E-state index contributed by atoms with van der Waals surface area (Å²) in [5, 5.41) is 9.49. The summed E-state index contributed by atoms with van der Waals surface area (Å²) in [6.07, 6.45) is 1.76. The van der Waals surface area contributed by atoms with Gasteiger partial charge in [0.1, 0.15) is 12.4 Å². The highest BCUT2D eigenvalue weighted by molar-refractivity contribution is 5.86. The van der Waals surface area contributed by atoms with Crippen LogP contribution in [-0.4, -0.2) is 78.4 Å². The van der Waals surface area contributed by atoms with Gasteiger partial charge in [-0.2, -0.15) is 0 Å². The lowest BCUT2D eigenvalue weighted by Gasteiger charge is -2.50. The molecule has 3 amide bonds. The number of para-hydroxylation sites is 1. The largest absolute Gasteiger partial charge is 0.492 e. The number of hydrogen-bond acceptors (Lipinski definition) is 6. The predicted octanol–water partition coefficient (Wildman–Crippen LogP) is -0.332. The number of hydrogen-bond donors (Lipinski definition) is 3. The summed E-state index contributed by atoms with van der Waals surface area (Å²) in [6.45, 7) is 3.30. The van der Waals surface area contributed by atoms with E-state index in [2.05, 4.69) is 10.2 Å². The van der Waals surface area contributed by atoms with Gasteiger partial charge in [0, 0.05) is 37.7 Å². The average Bonchev–Trinajstić information content (AvgIpc) is 2.95. The lowest BCUT2D eigenvalue weighted by atomic mass is 9.61. The second-order valence-corrected chi connectivity index (χ2v) is 8.35. The summed E-state index contributed by atoms with van der Waals surface area (Å²) in [6, 6.07) is 7.94. The Morgan fingerprint density at radius 3 is 2.75 bits per heavy atom. The van der Waals surface area contributed by atoms with Gasteiger partial charge in [0.15, 0.2) is 0 Å². The number of fused-ring (bicyclic) bond motifs is 2. The molecule has 1 saturated heterocycles. The number of benzene rings is 1. The third-order valence-electron chi connectivity index (χ3n) is 6.40. The molecule has 3 atom stereocenters. The SMILES string of the molecule is NC(=O)CNC(=O)[C@@H]1C[C@H]2CCN(C(=O)CN3CCOc4ccccc4C3)C[C@H]21.O=CO. The highest BCUT2D eigenvalue weighted by Crippen LogP contribution is 2.45. The molecule has 0 aromatic heterocycles. The van der Waals surface area contributed by atoms with Crippen LogP contribution in [0.2, 0.25) is 0 Å². The number of piperidine rings is 1. The van der Waals surface area contributed by atoms with Gasteiger partial charge in [0.25, 0.3) is 6.47 Å². The van der Waals surface area contributed by atoms with E-state index < -0.39 is 5.91 Å². The van der Waals surface area contributed by atoms with Crippen molar-refractivity contribution in [3.05, 3.63) is 29.8 Å². The first-order valence-corrected chi connectivity index (χ1v) is 10.8. The molecule has 3 aliphatic rings. The average molecular weight is 447 g/mol. The van der Waals surface area contributed by atoms with Crippen LogP contribution in [-0.2, 0) is 25.7 Å². The summed E-state index contributed by atoms with van der Waals surface area (Å²) in [4.78, 5) is 48.5. The van der Waals surface area contributed by atoms with Gasteiger partial charge < -0.3 is 25.8 Å². The molecule has 1 aromatic carbocycles. The van der Waals surface area contributed by atoms with Crippen molar-refractivity contribution in [1.82, 2.24) is 15.1 Å². The predicted molar refractivity (Wildman–Crippen MR) is 114 cm³/mol. The first kappa shape index (κ1) is 23.5. The van der Waals surface area contributed by atoms with Crippen LogP contribution in [0.5, 0.6) is 5.75 Å². The number of ether oxygens (including phenoxy) is 1. The van der Waals surface area contributed by atoms with Crippen LogP contribution in [0.25, 0.3) is 0 Å². The van der Waals surface area contributed by atoms with Gasteiger partial charge in [-0.3, -0.25) is 24.1 Å². The Balaban J connectivity index is 0.000000913. The summed E-state index contributed by atoms with van der Waals surface area (Å²) >= 11 is 0. The van der Waals surface area contributed by atoms with Gasteiger partial charge in [0.2, 0.25) is 17.7 Å². The number of carboxylic acid groups (broad SMARTS) is 1. The molecule has 0 spiro atoms. The van der Waals surface area contributed by atoms with Crippen molar-refractivity contribution in [2.24, 2.45) is 23.5 Å². The molecule has 2 aliphatic heterocycles. The van der Waals surface area contributed by atoms with Gasteiger partial charge in [-0.1, -0.05) is 18.2 Å². The quantitative estimate of drug-likeness (QED) is 0.526. The number of nitrogens with two attached hydrogens (primary N) is 1. The summed E-state index contributed by atoms with van der Waals surface area (Å²) in [5.74, 6) is 0.857. The molecular weight excluding hydrogens is 416 g/mol. The highest BCUT2D eigenvalue weighted by Gasteiger charge is 2.48. The Morgan fingerprint density at radius 1 is 1.25 bits per heavy atom. The molecule has 10 nitrogen and oxygen atoms in total. The Bertz CT molecular complexity index is 847. The van der Waals surface area contributed by atoms with Crippen LogP contribution in [0, 0.1) is 17.8 Å². The first-order valence-electron chi connectivity index (χ1n) is 10.8. The van der Waals surface area contributed by atoms with Gasteiger partial charge in [-0.05, 0) is 30.7 Å². The third kappa shape index (κ3) is 5.76. The number of nitrogens with zero attached hydrogens (tertiary/aromatic N) is 2. The van der Waals surface area contributed by atoms with E-state index in [9.17, 15) is 14.4 Å². The van der Waals surface area contributed by atoms with E-state index in [4.69, 9.17) is 20.4 Å². The normalized spacial score (nSPS) is 24.1. The molecule has 4 rings (SSSR count). The zero-order chi connectivity index (χ0) is 23.1. The fourth-order valence-electron chi connectivity index (χ4n) is 4.72. The van der Waals surface area contributed by atoms with Crippen LogP contribution in [0.4, 0.5) is 0 Å². The Morgan fingerprint density at radius 2 is 2.00 bits per heavy atom. The molecule has 0 bridgehead atoms. The summed E-state index contributed by atoms with van der Waals surface area (Å²) in [5.41, 5.74) is 6.20. The minimum Gasteiger partial charge on any atom is -0.492 e.